The number of hydrogen-bond acceptors (Lipinski definition) is 0. The molecule has 1 aliphatic carbocycles. The Morgan fingerprint density at radius 3 is 2.64 bits per heavy atom. The molecule has 0 bridgehead atoms. The van der Waals surface area contributed by atoms with Gasteiger partial charge in [0.1, 0.15) is 0 Å². The van der Waals surface area contributed by atoms with Crippen molar-refractivity contribution < 1.29 is 0 Å². The summed E-state index contributed by atoms with van der Waals surface area (Å²) in [6.45, 7) is 2.29. The maximum Gasteiger partial charge on any atom is 0.0425 e. The first-order valence-electron chi connectivity index (χ1n) is 3.72. The Morgan fingerprint density at radius 1 is 1.36 bits per heavy atom. The second kappa shape index (κ2) is 4.79. The fourth-order valence-electron chi connectivity index (χ4n) is 1.17. The molecule has 3 heteroatoms. The normalized spacial score (nSPS) is 45.5. The number of allylic oxidation sites excluding steroid dienone is 2. The molecule has 0 N–H and O–H groups in total. The van der Waals surface area contributed by atoms with Crippen molar-refractivity contribution in [3.8, 4) is 0 Å². The van der Waals surface area contributed by atoms with Crippen LogP contribution in [0.4, 0.5) is 0 Å². The van der Waals surface area contributed by atoms with E-state index in [2.05, 4.69) is 80.2 Å². The summed E-state index contributed by atoms with van der Waals surface area (Å²) in [5, 5.41) is 0. The smallest absolute Gasteiger partial charge is 0.0425 e. The third-order valence-corrected chi connectivity index (χ3v) is 7.53. The van der Waals surface area contributed by atoms with Crippen LogP contribution in [0.15, 0.2) is 12.2 Å². The average Bonchev–Trinajstić information content (AvgIpc) is 2.05. The van der Waals surface area contributed by atoms with Gasteiger partial charge >= 0.3 is 0 Å². The molecule has 0 saturated heterocycles. The van der Waals surface area contributed by atoms with Crippen LogP contribution in [0.25, 0.3) is 0 Å². The fourth-order valence-corrected chi connectivity index (χ4v) is 4.34. The maximum absolute atomic E-state index is 3.73. The van der Waals surface area contributed by atoms with Gasteiger partial charge in [0.25, 0.3) is 0 Å². The lowest BCUT2D eigenvalue weighted by Crippen LogP contribution is -2.21. The van der Waals surface area contributed by atoms with Crippen LogP contribution in [0.5, 0.6) is 0 Å². The monoisotopic (exact) mass is 440 g/mol. The van der Waals surface area contributed by atoms with Crippen molar-refractivity contribution in [1.82, 2.24) is 0 Å². The number of hydrogen-bond donors (Lipinski definition) is 0. The molecule has 0 aromatic rings. The highest BCUT2D eigenvalue weighted by molar-refractivity contribution is 14.1. The van der Waals surface area contributed by atoms with Gasteiger partial charge in [-0.15, -0.1) is 0 Å². The molecule has 0 nitrogen and oxygen atoms in total. The van der Waals surface area contributed by atoms with E-state index in [1.54, 1.807) is 0 Å². The van der Waals surface area contributed by atoms with Crippen molar-refractivity contribution >= 4 is 61.1 Å². The number of alkyl halides is 3. The second-order valence-electron chi connectivity index (χ2n) is 3.00. The van der Waals surface area contributed by atoms with E-state index >= 15 is 0 Å². The van der Waals surface area contributed by atoms with Crippen LogP contribution < -0.4 is 0 Å². The summed E-state index contributed by atoms with van der Waals surface area (Å²) in [4.78, 5) is 0.643. The largest absolute Gasteiger partial charge is 0.0864 e. The van der Waals surface area contributed by atoms with E-state index in [0.717, 1.165) is 9.84 Å². The molecule has 1 aliphatic rings. The molecule has 0 heterocycles. The van der Waals surface area contributed by atoms with Gasteiger partial charge in [0.05, 0.1) is 0 Å². The molecule has 0 aromatic carbocycles. The SMILES string of the molecule is CC1C=CC(I)C(Br)C(I)C1. The topological polar surface area (TPSA) is 0 Å². The van der Waals surface area contributed by atoms with Gasteiger partial charge in [-0.3, -0.25) is 0 Å². The minimum Gasteiger partial charge on any atom is -0.0864 e. The molecular weight excluding hydrogens is 430 g/mol. The van der Waals surface area contributed by atoms with Crippen LogP contribution in [0.1, 0.15) is 13.3 Å². The molecule has 11 heavy (non-hydrogen) atoms. The molecule has 4 atom stereocenters. The molecule has 0 aliphatic heterocycles. The summed E-state index contributed by atoms with van der Waals surface area (Å²) in [6.07, 6.45) is 5.96. The number of rotatable bonds is 0. The summed E-state index contributed by atoms with van der Waals surface area (Å²) in [7, 11) is 0. The van der Waals surface area contributed by atoms with Crippen LogP contribution in [0.3, 0.4) is 0 Å². The fraction of sp³-hybridized carbons (Fsp3) is 0.750. The predicted molar refractivity (Wildman–Crippen MR) is 71.3 cm³/mol. The van der Waals surface area contributed by atoms with Gasteiger partial charge in [-0.05, 0) is 12.3 Å². The van der Waals surface area contributed by atoms with E-state index in [1.165, 1.54) is 6.42 Å². The Morgan fingerprint density at radius 2 is 2.00 bits per heavy atom. The van der Waals surface area contributed by atoms with E-state index in [-0.39, 0.29) is 0 Å². The zero-order chi connectivity index (χ0) is 8.43. The highest BCUT2D eigenvalue weighted by Gasteiger charge is 2.25. The van der Waals surface area contributed by atoms with E-state index in [4.69, 9.17) is 0 Å². The molecule has 0 amide bonds. The van der Waals surface area contributed by atoms with Gasteiger partial charge in [-0.2, -0.15) is 0 Å². The Labute approximate surface area is 104 Å². The summed E-state index contributed by atoms with van der Waals surface area (Å²) in [6, 6.07) is 0. The lowest BCUT2D eigenvalue weighted by molar-refractivity contribution is 0.645. The van der Waals surface area contributed by atoms with Crippen LogP contribution >= 0.6 is 61.1 Å². The number of halogens is 3. The first-order chi connectivity index (χ1) is 5.11. The zero-order valence-corrected chi connectivity index (χ0v) is 12.2. The van der Waals surface area contributed by atoms with E-state index in [9.17, 15) is 0 Å². The van der Waals surface area contributed by atoms with E-state index in [1.807, 2.05) is 0 Å². The molecule has 0 radical (unpaired) electrons. The minimum absolute atomic E-state index is 0.643. The van der Waals surface area contributed by atoms with Crippen LogP contribution in [0, 0.1) is 5.92 Å². The summed E-state index contributed by atoms with van der Waals surface area (Å²) in [5.74, 6) is 0.747. The summed E-state index contributed by atoms with van der Waals surface area (Å²) >= 11 is 8.77. The third kappa shape index (κ3) is 3.14. The van der Waals surface area contributed by atoms with Gasteiger partial charge < -0.3 is 0 Å². The molecular formula is C8H11BrI2. The van der Waals surface area contributed by atoms with Crippen molar-refractivity contribution in [2.45, 2.75) is 26.0 Å². The highest BCUT2D eigenvalue weighted by atomic mass is 127. The van der Waals surface area contributed by atoms with Gasteiger partial charge in [0.2, 0.25) is 0 Å². The minimum atomic E-state index is 0.643. The van der Waals surface area contributed by atoms with Gasteiger partial charge in [0.15, 0.2) is 0 Å². The van der Waals surface area contributed by atoms with Crippen LogP contribution in [-0.4, -0.2) is 12.7 Å². The molecule has 1 rings (SSSR count). The standard InChI is InChI=1S/C8H11BrI2/c1-5-2-3-6(10)8(9)7(11)4-5/h2-3,5-8H,4H2,1H3. The van der Waals surface area contributed by atoms with Crippen LogP contribution in [-0.2, 0) is 0 Å². The lowest BCUT2D eigenvalue weighted by Gasteiger charge is -2.17. The van der Waals surface area contributed by atoms with Crippen molar-refractivity contribution in [2.75, 3.05) is 0 Å². The first kappa shape index (κ1) is 10.8. The zero-order valence-electron chi connectivity index (χ0n) is 6.31. The maximum atomic E-state index is 3.73. The predicted octanol–water partition coefficient (Wildman–Crippen LogP) is 3.95. The quantitative estimate of drug-likeness (QED) is 0.304. The summed E-state index contributed by atoms with van der Waals surface area (Å²) < 4.78 is 1.42. The summed E-state index contributed by atoms with van der Waals surface area (Å²) in [5.41, 5.74) is 0. The van der Waals surface area contributed by atoms with Crippen LogP contribution in [0.2, 0.25) is 0 Å². The lowest BCUT2D eigenvalue weighted by atomic mass is 10.1. The highest BCUT2D eigenvalue weighted by Crippen LogP contribution is 2.32. The van der Waals surface area contributed by atoms with Gasteiger partial charge in [0, 0.05) is 12.7 Å². The third-order valence-electron chi connectivity index (χ3n) is 1.87. The first-order valence-corrected chi connectivity index (χ1v) is 7.12. The van der Waals surface area contributed by atoms with Crippen molar-refractivity contribution in [1.29, 1.82) is 0 Å². The Balaban J connectivity index is 2.65. The Hall–Kier alpha value is 1.68. The Kier molecular flexibility index (Phi) is 4.68. The van der Waals surface area contributed by atoms with Crippen molar-refractivity contribution in [3.63, 3.8) is 0 Å². The molecule has 0 aromatic heterocycles. The molecule has 0 spiro atoms. The second-order valence-corrected chi connectivity index (χ2v) is 7.10. The van der Waals surface area contributed by atoms with Gasteiger partial charge in [-0.1, -0.05) is 80.2 Å². The van der Waals surface area contributed by atoms with Crippen molar-refractivity contribution in [3.05, 3.63) is 12.2 Å². The molecule has 4 unspecified atom stereocenters. The molecule has 0 fully saturated rings. The Bertz CT molecular complexity index is 158. The van der Waals surface area contributed by atoms with Gasteiger partial charge in [-0.25, -0.2) is 0 Å². The molecule has 0 saturated carbocycles. The van der Waals surface area contributed by atoms with E-state index in [0.29, 0.717) is 8.75 Å². The van der Waals surface area contributed by atoms with Crippen molar-refractivity contribution in [2.24, 2.45) is 5.92 Å². The molecule has 64 valence electrons. The van der Waals surface area contributed by atoms with E-state index < -0.39 is 0 Å². The average molecular weight is 441 g/mol.